The molecule has 0 heterocycles. The van der Waals surface area contributed by atoms with Gasteiger partial charge < -0.3 is 42.3 Å². The minimum Gasteiger partial charge on any atom is -0.379 e. The zero-order chi connectivity index (χ0) is 30.8. The van der Waals surface area contributed by atoms with Gasteiger partial charge in [-0.05, 0) is 33.6 Å². The normalized spacial score (nSPS) is 11.8. The summed E-state index contributed by atoms with van der Waals surface area (Å²) in [6.45, 7) is 15.7. The standard InChI is InChI=1S/C31H65NO9Si/c1-5-9-10-11-12-13-14-15-16-18-31(33)32-19-21-35-23-25-37-27-29-38-28-26-36-24-22-34-20-17-30-42(39-6-2,40-7-3)41-8-4/h5-30H2,1-4H3,(H,32,33). The van der Waals surface area contributed by atoms with Crippen molar-refractivity contribution < 1.29 is 41.8 Å². The van der Waals surface area contributed by atoms with Gasteiger partial charge in [0.25, 0.3) is 0 Å². The average molecular weight is 624 g/mol. The quantitative estimate of drug-likeness (QED) is 0.0720. The molecule has 0 unspecified atom stereocenters. The zero-order valence-corrected chi connectivity index (χ0v) is 28.6. The highest BCUT2D eigenvalue weighted by atomic mass is 28.4. The van der Waals surface area contributed by atoms with Gasteiger partial charge in [0.1, 0.15) is 0 Å². The molecule has 0 aliphatic carbocycles. The first-order valence-electron chi connectivity index (χ1n) is 16.7. The van der Waals surface area contributed by atoms with Crippen LogP contribution in [-0.4, -0.2) is 107 Å². The number of hydrogen-bond donors (Lipinski definition) is 1. The Hall–Kier alpha value is -0.633. The van der Waals surface area contributed by atoms with Gasteiger partial charge in [0, 0.05) is 45.4 Å². The van der Waals surface area contributed by atoms with Crippen LogP contribution < -0.4 is 5.32 Å². The highest BCUT2D eigenvalue weighted by molar-refractivity contribution is 6.60. The van der Waals surface area contributed by atoms with E-state index in [0.29, 0.717) is 98.9 Å². The van der Waals surface area contributed by atoms with Crippen LogP contribution in [0.2, 0.25) is 6.04 Å². The lowest BCUT2D eigenvalue weighted by Gasteiger charge is -2.28. The summed E-state index contributed by atoms with van der Waals surface area (Å²) >= 11 is 0. The monoisotopic (exact) mass is 623 g/mol. The third kappa shape index (κ3) is 28.2. The van der Waals surface area contributed by atoms with Crippen molar-refractivity contribution in [2.75, 3.05) is 92.4 Å². The molecule has 10 nitrogen and oxygen atoms in total. The largest absolute Gasteiger partial charge is 0.501 e. The molecule has 0 fully saturated rings. The van der Waals surface area contributed by atoms with Crippen LogP contribution in [0, 0.1) is 0 Å². The van der Waals surface area contributed by atoms with E-state index in [9.17, 15) is 4.79 Å². The molecule has 252 valence electrons. The van der Waals surface area contributed by atoms with Gasteiger partial charge in [-0.3, -0.25) is 4.79 Å². The highest BCUT2D eigenvalue weighted by Crippen LogP contribution is 2.18. The maximum atomic E-state index is 11.9. The van der Waals surface area contributed by atoms with Crippen molar-refractivity contribution in [2.24, 2.45) is 0 Å². The summed E-state index contributed by atoms with van der Waals surface area (Å²) in [5.41, 5.74) is 0. The van der Waals surface area contributed by atoms with Gasteiger partial charge in [-0.15, -0.1) is 0 Å². The Morgan fingerprint density at radius 1 is 0.500 bits per heavy atom. The van der Waals surface area contributed by atoms with Crippen LogP contribution in [0.4, 0.5) is 0 Å². The van der Waals surface area contributed by atoms with Gasteiger partial charge in [0.2, 0.25) is 5.91 Å². The van der Waals surface area contributed by atoms with Crippen LogP contribution in [-0.2, 0) is 41.8 Å². The van der Waals surface area contributed by atoms with Crippen LogP contribution in [0.25, 0.3) is 0 Å². The van der Waals surface area contributed by atoms with Crippen LogP contribution in [0.15, 0.2) is 0 Å². The Balaban J connectivity index is 3.34. The second-order valence-corrected chi connectivity index (χ2v) is 12.8. The molecular formula is C31H65NO9Si. The number of carbonyl (C=O) groups excluding carboxylic acids is 1. The minimum atomic E-state index is -2.58. The molecule has 0 aromatic carbocycles. The molecule has 1 N–H and O–H groups in total. The van der Waals surface area contributed by atoms with Crippen molar-refractivity contribution in [3.63, 3.8) is 0 Å². The molecule has 0 aliphatic heterocycles. The summed E-state index contributed by atoms with van der Waals surface area (Å²) in [4.78, 5) is 11.9. The van der Waals surface area contributed by atoms with Crippen molar-refractivity contribution in [3.05, 3.63) is 0 Å². The van der Waals surface area contributed by atoms with Crippen molar-refractivity contribution in [3.8, 4) is 0 Å². The van der Waals surface area contributed by atoms with E-state index in [1.807, 2.05) is 20.8 Å². The van der Waals surface area contributed by atoms with Gasteiger partial charge in [-0.25, -0.2) is 0 Å². The van der Waals surface area contributed by atoms with Crippen molar-refractivity contribution in [2.45, 2.75) is 104 Å². The van der Waals surface area contributed by atoms with Crippen molar-refractivity contribution in [1.29, 1.82) is 0 Å². The van der Waals surface area contributed by atoms with Gasteiger partial charge in [0.15, 0.2) is 0 Å². The number of rotatable bonds is 35. The lowest BCUT2D eigenvalue weighted by atomic mass is 10.1. The summed E-state index contributed by atoms with van der Waals surface area (Å²) in [6.07, 6.45) is 12.8. The number of ether oxygens (including phenoxy) is 5. The van der Waals surface area contributed by atoms with Gasteiger partial charge >= 0.3 is 8.80 Å². The maximum Gasteiger partial charge on any atom is 0.501 e. The molecule has 0 aromatic heterocycles. The van der Waals surface area contributed by atoms with E-state index >= 15 is 0 Å². The fourth-order valence-corrected chi connectivity index (χ4v) is 6.90. The zero-order valence-electron chi connectivity index (χ0n) is 27.6. The fraction of sp³-hybridized carbons (Fsp3) is 0.968. The van der Waals surface area contributed by atoms with E-state index in [2.05, 4.69) is 12.2 Å². The van der Waals surface area contributed by atoms with Gasteiger partial charge in [0.05, 0.1) is 59.5 Å². The third-order valence-corrected chi connectivity index (χ3v) is 9.58. The number of unbranched alkanes of at least 4 members (excludes halogenated alkanes) is 8. The summed E-state index contributed by atoms with van der Waals surface area (Å²) < 4.78 is 45.3. The summed E-state index contributed by atoms with van der Waals surface area (Å²) in [5.74, 6) is 0.119. The molecule has 0 bridgehead atoms. The summed E-state index contributed by atoms with van der Waals surface area (Å²) in [5, 5.41) is 2.92. The van der Waals surface area contributed by atoms with E-state index in [1.165, 1.54) is 44.9 Å². The number of nitrogens with one attached hydrogen (secondary N) is 1. The van der Waals surface area contributed by atoms with Crippen molar-refractivity contribution >= 4 is 14.7 Å². The number of carbonyl (C=O) groups is 1. The molecule has 11 heteroatoms. The fourth-order valence-electron chi connectivity index (χ4n) is 4.32. The van der Waals surface area contributed by atoms with Gasteiger partial charge in [-0.2, -0.15) is 0 Å². The Morgan fingerprint density at radius 2 is 0.905 bits per heavy atom. The second-order valence-electron chi connectivity index (χ2n) is 10.1. The maximum absolute atomic E-state index is 11.9. The van der Waals surface area contributed by atoms with E-state index in [1.54, 1.807) is 0 Å². The molecule has 0 aliphatic rings. The van der Waals surface area contributed by atoms with E-state index in [0.717, 1.165) is 25.3 Å². The molecular weight excluding hydrogens is 558 g/mol. The lowest BCUT2D eigenvalue weighted by Crippen LogP contribution is -2.46. The lowest BCUT2D eigenvalue weighted by molar-refractivity contribution is -0.121. The SMILES string of the molecule is CCCCCCCCCCCC(=O)NCCOCCOCCOCCOCCOCCC[Si](OCC)(OCC)OCC. The second kappa shape index (κ2) is 33.3. The number of hydrogen-bond acceptors (Lipinski definition) is 9. The Bertz CT molecular complexity index is 543. The molecule has 0 radical (unpaired) electrons. The first kappa shape index (κ1) is 41.4. The molecule has 0 spiro atoms. The smallest absolute Gasteiger partial charge is 0.379 e. The molecule has 0 rings (SSSR count). The molecule has 0 aromatic rings. The molecule has 0 atom stereocenters. The summed E-state index contributed by atoms with van der Waals surface area (Å²) in [6, 6.07) is 0.753. The van der Waals surface area contributed by atoms with Crippen molar-refractivity contribution in [1.82, 2.24) is 5.32 Å². The highest BCUT2D eigenvalue weighted by Gasteiger charge is 2.39. The minimum absolute atomic E-state index is 0.119. The summed E-state index contributed by atoms with van der Waals surface area (Å²) in [7, 11) is -2.58. The predicted octanol–water partition coefficient (Wildman–Crippen LogP) is 5.55. The first-order valence-corrected chi connectivity index (χ1v) is 18.6. The average Bonchev–Trinajstić information content (AvgIpc) is 2.98. The topological polar surface area (TPSA) is 103 Å². The van der Waals surface area contributed by atoms with E-state index < -0.39 is 8.80 Å². The molecule has 0 saturated heterocycles. The Morgan fingerprint density at radius 3 is 1.36 bits per heavy atom. The van der Waals surface area contributed by atoms with Gasteiger partial charge in [-0.1, -0.05) is 58.3 Å². The van der Waals surface area contributed by atoms with Crippen LogP contribution >= 0.6 is 0 Å². The first-order chi connectivity index (χ1) is 20.6. The van der Waals surface area contributed by atoms with E-state index in [-0.39, 0.29) is 5.91 Å². The Kier molecular flexibility index (Phi) is 32.8. The molecule has 0 saturated carbocycles. The predicted molar refractivity (Wildman–Crippen MR) is 169 cm³/mol. The molecule has 1 amide bonds. The van der Waals surface area contributed by atoms with Crippen LogP contribution in [0.3, 0.4) is 0 Å². The van der Waals surface area contributed by atoms with E-state index in [4.69, 9.17) is 37.0 Å². The Labute approximate surface area is 258 Å². The van der Waals surface area contributed by atoms with Crippen LogP contribution in [0.5, 0.6) is 0 Å². The molecule has 42 heavy (non-hydrogen) atoms. The van der Waals surface area contributed by atoms with Crippen LogP contribution in [0.1, 0.15) is 98.3 Å². The number of amides is 1. The third-order valence-electron chi connectivity index (χ3n) is 6.43.